The number of hydrogen-bond acceptors (Lipinski definition) is 2. The fourth-order valence-electron chi connectivity index (χ4n) is 6.76. The van der Waals surface area contributed by atoms with Crippen LogP contribution in [0.25, 0.3) is 0 Å². The summed E-state index contributed by atoms with van der Waals surface area (Å²) < 4.78 is 0.795. The van der Waals surface area contributed by atoms with E-state index in [0.29, 0.717) is 6.42 Å². The average molecular weight is 643 g/mol. The van der Waals surface area contributed by atoms with Gasteiger partial charge in [-0.2, -0.15) is 0 Å². The van der Waals surface area contributed by atoms with E-state index in [1.165, 1.54) is 166 Å². The molecule has 0 saturated carbocycles. The number of hydrogen-bond donors (Lipinski definition) is 1. The minimum absolute atomic E-state index is 0.103. The van der Waals surface area contributed by atoms with Crippen LogP contribution >= 0.6 is 0 Å². The first kappa shape index (κ1) is 42.6. The predicted molar refractivity (Wildman–Crippen MR) is 204 cm³/mol. The van der Waals surface area contributed by atoms with Crippen molar-refractivity contribution in [2.24, 2.45) is 4.99 Å². The van der Waals surface area contributed by atoms with E-state index in [0.717, 1.165) is 36.8 Å². The van der Waals surface area contributed by atoms with E-state index in [1.807, 2.05) is 0 Å². The molecule has 0 spiro atoms. The average Bonchev–Trinajstić information content (AvgIpc) is 3.43. The molecule has 2 atom stereocenters. The molecule has 0 aromatic heterocycles. The van der Waals surface area contributed by atoms with Crippen LogP contribution in [0.5, 0.6) is 0 Å². The lowest BCUT2D eigenvalue weighted by molar-refractivity contribution is -0.843. The normalized spacial score (nSPS) is 17.3. The highest BCUT2D eigenvalue weighted by molar-refractivity contribution is 5.78. The van der Waals surface area contributed by atoms with Crippen molar-refractivity contribution in [3.05, 3.63) is 24.3 Å². The highest BCUT2D eigenvalue weighted by atomic mass is 16.1. The molecule has 0 fully saturated rings. The first-order chi connectivity index (χ1) is 22.5. The number of likely N-dealkylation sites (N-methyl/N-ethyl adjacent to an activating group) is 1. The molecule has 1 amide bonds. The van der Waals surface area contributed by atoms with Gasteiger partial charge in [-0.05, 0) is 64.2 Å². The quantitative estimate of drug-likeness (QED) is 0.0432. The Bertz CT molecular complexity index is 788. The third-order valence-corrected chi connectivity index (χ3v) is 10.3. The Morgan fingerprint density at radius 1 is 0.630 bits per heavy atom. The van der Waals surface area contributed by atoms with Crippen molar-refractivity contribution in [1.82, 2.24) is 5.32 Å². The molecule has 0 aliphatic carbocycles. The van der Waals surface area contributed by atoms with Crippen molar-refractivity contribution in [1.29, 1.82) is 0 Å². The lowest BCUT2D eigenvalue weighted by Gasteiger charge is -2.36. The number of aliphatic imine (C=N–C) groups is 1. The van der Waals surface area contributed by atoms with Crippen LogP contribution in [-0.2, 0) is 4.79 Å². The summed E-state index contributed by atoms with van der Waals surface area (Å²) in [7, 11) is 2.28. The van der Waals surface area contributed by atoms with Crippen LogP contribution in [0.4, 0.5) is 0 Å². The number of allylic oxidation sites excluding steroid dienone is 4. The maximum Gasteiger partial charge on any atom is 0.224 e. The second-order valence-corrected chi connectivity index (χ2v) is 14.6. The molecule has 4 nitrogen and oxygen atoms in total. The van der Waals surface area contributed by atoms with Gasteiger partial charge in [0.25, 0.3) is 0 Å². The fraction of sp³-hybridized carbons (Fsp3) is 0.857. The molecule has 0 bridgehead atoms. The lowest BCUT2D eigenvalue weighted by Crippen LogP contribution is -2.60. The van der Waals surface area contributed by atoms with Crippen molar-refractivity contribution < 1.29 is 9.28 Å². The lowest BCUT2D eigenvalue weighted by atomic mass is 10.1. The number of carbonyl (C=O) groups excluding carboxylic acids is 1. The van der Waals surface area contributed by atoms with E-state index in [-0.39, 0.29) is 12.1 Å². The van der Waals surface area contributed by atoms with Crippen LogP contribution in [0.2, 0.25) is 0 Å². The Hall–Kier alpha value is -1.42. The maximum atomic E-state index is 12.7. The summed E-state index contributed by atoms with van der Waals surface area (Å²) in [6.45, 7) is 8.65. The molecule has 268 valence electrons. The van der Waals surface area contributed by atoms with Crippen LogP contribution in [-0.4, -0.2) is 42.5 Å². The first-order valence-electron chi connectivity index (χ1n) is 20.5. The number of carbonyl (C=O) groups is 1. The van der Waals surface area contributed by atoms with Crippen molar-refractivity contribution >= 4 is 11.7 Å². The highest BCUT2D eigenvalue weighted by Crippen LogP contribution is 2.21. The summed E-state index contributed by atoms with van der Waals surface area (Å²) >= 11 is 0. The van der Waals surface area contributed by atoms with Gasteiger partial charge < -0.3 is 5.32 Å². The smallest absolute Gasteiger partial charge is 0.224 e. The molecule has 0 radical (unpaired) electrons. The summed E-state index contributed by atoms with van der Waals surface area (Å²) in [6, 6.07) is 0. The standard InChI is InChI=1S/C42H79N3O/c1-5-7-9-11-13-15-17-19-21-23-24-26-28-30-32-34-36-41-43-38-39-45(41,4)40(3)44-42(46)37-35-33-31-29-27-25-22-20-18-16-14-12-10-8-6-2/h19-22,40H,5-18,23-39H2,1-4H3/p+1/b21-19-,22-20-. The van der Waals surface area contributed by atoms with Crippen LogP contribution in [0, 0.1) is 0 Å². The van der Waals surface area contributed by atoms with Gasteiger partial charge in [-0.15, -0.1) is 0 Å². The van der Waals surface area contributed by atoms with E-state index in [2.05, 4.69) is 57.4 Å². The zero-order valence-corrected chi connectivity index (χ0v) is 31.6. The third kappa shape index (κ3) is 23.0. The predicted octanol–water partition coefficient (Wildman–Crippen LogP) is 12.8. The van der Waals surface area contributed by atoms with Crippen molar-refractivity contribution in [2.45, 2.75) is 213 Å². The van der Waals surface area contributed by atoms with E-state index >= 15 is 0 Å². The van der Waals surface area contributed by atoms with Gasteiger partial charge in [0.1, 0.15) is 6.54 Å². The summed E-state index contributed by atoms with van der Waals surface area (Å²) in [4.78, 5) is 17.6. The molecular weight excluding hydrogens is 562 g/mol. The monoisotopic (exact) mass is 643 g/mol. The molecule has 1 heterocycles. The van der Waals surface area contributed by atoms with Gasteiger partial charge in [0.05, 0.1) is 13.6 Å². The maximum absolute atomic E-state index is 12.7. The van der Waals surface area contributed by atoms with E-state index < -0.39 is 0 Å². The first-order valence-corrected chi connectivity index (χ1v) is 20.5. The molecule has 1 N–H and O–H groups in total. The zero-order chi connectivity index (χ0) is 33.4. The summed E-state index contributed by atoms with van der Waals surface area (Å²) in [5.74, 6) is 1.51. The fourth-order valence-corrected chi connectivity index (χ4v) is 6.76. The Kier molecular flexibility index (Phi) is 28.6. The molecule has 0 aromatic rings. The number of rotatable bonds is 33. The number of nitrogens with one attached hydrogen (secondary N) is 1. The highest BCUT2D eigenvalue weighted by Gasteiger charge is 2.39. The van der Waals surface area contributed by atoms with Crippen molar-refractivity contribution in [2.75, 3.05) is 20.1 Å². The molecule has 0 saturated heterocycles. The number of unbranched alkanes of at least 4 members (excludes halogenated alkanes) is 23. The Balaban J connectivity index is 2.02. The van der Waals surface area contributed by atoms with Crippen LogP contribution in [0.1, 0.15) is 207 Å². The van der Waals surface area contributed by atoms with Gasteiger partial charge in [0.2, 0.25) is 5.91 Å². The van der Waals surface area contributed by atoms with Gasteiger partial charge in [0.15, 0.2) is 12.0 Å². The Morgan fingerprint density at radius 3 is 1.48 bits per heavy atom. The number of amidine groups is 1. The number of quaternary nitrogens is 1. The SMILES string of the molecule is CCCCCCCC/C=C\CCCCCCCCC1=NCC[N+]1(C)C(C)NC(=O)CCCCCCC/C=C\CCCCCCCC. The topological polar surface area (TPSA) is 41.5 Å². The molecular formula is C42H80N3O+. The largest absolute Gasteiger partial charge is 0.307 e. The van der Waals surface area contributed by atoms with Gasteiger partial charge in [0, 0.05) is 19.8 Å². The number of nitrogens with zero attached hydrogens (tertiary/aromatic N) is 2. The molecule has 1 aliphatic heterocycles. The second-order valence-electron chi connectivity index (χ2n) is 14.6. The molecule has 4 heteroatoms. The van der Waals surface area contributed by atoms with Crippen LogP contribution < -0.4 is 5.32 Å². The minimum atomic E-state index is 0.103. The van der Waals surface area contributed by atoms with Gasteiger partial charge >= 0.3 is 0 Å². The summed E-state index contributed by atoms with van der Waals surface area (Å²) in [5, 5.41) is 3.34. The van der Waals surface area contributed by atoms with E-state index in [9.17, 15) is 4.79 Å². The molecule has 2 unspecified atom stereocenters. The number of amides is 1. The van der Waals surface area contributed by atoms with Gasteiger partial charge in [-0.25, -0.2) is 4.99 Å². The van der Waals surface area contributed by atoms with Gasteiger partial charge in [-0.1, -0.05) is 147 Å². The molecule has 46 heavy (non-hydrogen) atoms. The van der Waals surface area contributed by atoms with E-state index in [1.54, 1.807) is 0 Å². The second kappa shape index (κ2) is 30.9. The Labute approximate surface area is 288 Å². The molecule has 0 aromatic carbocycles. The Morgan fingerprint density at radius 2 is 1.02 bits per heavy atom. The zero-order valence-electron chi connectivity index (χ0n) is 31.6. The minimum Gasteiger partial charge on any atom is -0.307 e. The summed E-state index contributed by atoms with van der Waals surface area (Å²) in [5.41, 5.74) is 0. The van der Waals surface area contributed by atoms with Crippen molar-refractivity contribution in [3.63, 3.8) is 0 Å². The van der Waals surface area contributed by atoms with Gasteiger partial charge in [-0.3, -0.25) is 9.28 Å². The van der Waals surface area contributed by atoms with E-state index in [4.69, 9.17) is 4.99 Å². The third-order valence-electron chi connectivity index (χ3n) is 10.3. The summed E-state index contributed by atoms with van der Waals surface area (Å²) in [6.07, 6.45) is 47.0. The van der Waals surface area contributed by atoms with Crippen LogP contribution in [0.3, 0.4) is 0 Å². The molecule has 1 aliphatic rings. The van der Waals surface area contributed by atoms with Crippen molar-refractivity contribution in [3.8, 4) is 0 Å². The van der Waals surface area contributed by atoms with Crippen LogP contribution in [0.15, 0.2) is 29.3 Å². The molecule has 1 rings (SSSR count).